The number of imide groups is 1. The molecule has 196 valence electrons. The van der Waals surface area contributed by atoms with Crippen molar-refractivity contribution in [2.75, 3.05) is 13.1 Å². The number of nitrogens with zero attached hydrogens (tertiary/aromatic N) is 5. The number of hydrogen-bond acceptors (Lipinski definition) is 7. The summed E-state index contributed by atoms with van der Waals surface area (Å²) < 4.78 is 30.4. The minimum absolute atomic E-state index is 0.0899. The smallest absolute Gasteiger partial charge is 0.407 e. The van der Waals surface area contributed by atoms with Crippen LogP contribution < -0.4 is 0 Å². The van der Waals surface area contributed by atoms with Crippen molar-refractivity contribution < 1.29 is 32.7 Å². The Balaban J connectivity index is 1.40. The van der Waals surface area contributed by atoms with Crippen molar-refractivity contribution in [2.24, 2.45) is 0 Å². The van der Waals surface area contributed by atoms with E-state index in [1.54, 1.807) is 32.0 Å². The maximum atomic E-state index is 13.5. The van der Waals surface area contributed by atoms with Gasteiger partial charge in [0.15, 0.2) is 0 Å². The predicted molar refractivity (Wildman–Crippen MR) is 129 cm³/mol. The quantitative estimate of drug-likeness (QED) is 0.490. The zero-order valence-electron chi connectivity index (χ0n) is 20.5. The third kappa shape index (κ3) is 4.42. The largest absolute Gasteiger partial charge is 0.465 e. The fourth-order valence-corrected chi connectivity index (χ4v) is 4.65. The number of alkyl halides is 2. The number of hydrogen-bond donors (Lipinski definition) is 1. The van der Waals surface area contributed by atoms with E-state index in [0.717, 1.165) is 16.0 Å². The van der Waals surface area contributed by atoms with E-state index in [1.165, 1.54) is 17.2 Å². The van der Waals surface area contributed by atoms with Gasteiger partial charge in [0.1, 0.15) is 0 Å². The lowest BCUT2D eigenvalue weighted by Gasteiger charge is -2.37. The summed E-state index contributed by atoms with van der Waals surface area (Å²) >= 11 is 0. The number of pyridine rings is 1. The number of rotatable bonds is 5. The van der Waals surface area contributed by atoms with Gasteiger partial charge in [-0.3, -0.25) is 19.5 Å². The molecular formula is C26H23F2N5O5. The topological polar surface area (TPSA) is 130 Å². The Bertz CT molecular complexity index is 1460. The van der Waals surface area contributed by atoms with Crippen LogP contribution in [0.3, 0.4) is 0 Å². The van der Waals surface area contributed by atoms with Crippen molar-refractivity contribution in [3.05, 3.63) is 70.9 Å². The molecule has 0 fully saturated rings. The van der Waals surface area contributed by atoms with Gasteiger partial charge in [-0.1, -0.05) is 18.2 Å². The molecule has 0 saturated carbocycles. The minimum Gasteiger partial charge on any atom is -0.465 e. The minimum atomic E-state index is -2.89. The molecule has 0 unspecified atom stereocenters. The van der Waals surface area contributed by atoms with Crippen LogP contribution in [0.4, 0.5) is 13.6 Å². The molecule has 5 rings (SSSR count). The highest BCUT2D eigenvalue weighted by atomic mass is 19.3. The predicted octanol–water partition coefficient (Wildman–Crippen LogP) is 4.30. The molecule has 1 N–H and O–H groups in total. The molecule has 2 aromatic heterocycles. The second-order valence-corrected chi connectivity index (χ2v) is 9.57. The van der Waals surface area contributed by atoms with Crippen LogP contribution in [0, 0.1) is 0 Å². The van der Waals surface area contributed by atoms with Gasteiger partial charge in [0.2, 0.25) is 11.8 Å². The molecule has 0 atom stereocenters. The fraction of sp³-hybridized carbons (Fsp3) is 0.308. The van der Waals surface area contributed by atoms with Crippen LogP contribution in [-0.2, 0) is 16.8 Å². The number of carbonyl (C=O) groups is 3. The standard InChI is InChI=1S/C26H23F2N5O5/c1-26(2)19-6-4-15(14-7-9-32(10-8-14)25(36)37)11-18(19)23(34)33(24(26)35)13-17-5-3-16(12-29-17)21-30-31-22(38-21)20(27)28/h3-7,11-12,20H,8-10,13H2,1-2H3,(H,36,37). The van der Waals surface area contributed by atoms with Crippen LogP contribution in [0.1, 0.15) is 59.8 Å². The molecule has 0 saturated heterocycles. The highest BCUT2D eigenvalue weighted by molar-refractivity contribution is 6.13. The van der Waals surface area contributed by atoms with E-state index in [2.05, 4.69) is 15.2 Å². The van der Waals surface area contributed by atoms with Crippen molar-refractivity contribution >= 4 is 23.5 Å². The summed E-state index contributed by atoms with van der Waals surface area (Å²) in [5.41, 5.74) is 2.51. The first-order valence-corrected chi connectivity index (χ1v) is 11.8. The van der Waals surface area contributed by atoms with Crippen molar-refractivity contribution in [1.82, 2.24) is 25.0 Å². The molecule has 2 aliphatic rings. The first-order valence-electron chi connectivity index (χ1n) is 11.8. The van der Waals surface area contributed by atoms with E-state index in [-0.39, 0.29) is 24.9 Å². The molecule has 0 radical (unpaired) electrons. The van der Waals surface area contributed by atoms with Gasteiger partial charge >= 0.3 is 12.5 Å². The lowest BCUT2D eigenvalue weighted by molar-refractivity contribution is -0.134. The number of carboxylic acid groups (broad SMARTS) is 1. The third-order valence-corrected chi connectivity index (χ3v) is 6.82. The van der Waals surface area contributed by atoms with E-state index in [4.69, 9.17) is 4.42 Å². The van der Waals surface area contributed by atoms with Gasteiger partial charge in [0, 0.05) is 24.8 Å². The first-order chi connectivity index (χ1) is 18.1. The Morgan fingerprint density at radius 1 is 1.16 bits per heavy atom. The van der Waals surface area contributed by atoms with Gasteiger partial charge in [0.05, 0.1) is 23.2 Å². The Morgan fingerprint density at radius 2 is 1.92 bits per heavy atom. The molecule has 3 amide bonds. The highest BCUT2D eigenvalue weighted by Crippen LogP contribution is 2.37. The molecule has 2 aliphatic heterocycles. The van der Waals surface area contributed by atoms with E-state index < -0.39 is 29.7 Å². The second kappa shape index (κ2) is 9.43. The SMILES string of the molecule is CC1(C)C(=O)N(Cc2ccc(-c3nnc(C(F)F)o3)cn2)C(=O)c2cc(C3=CCN(C(=O)O)CC3)ccc21. The maximum Gasteiger partial charge on any atom is 0.407 e. The van der Waals surface area contributed by atoms with Gasteiger partial charge < -0.3 is 14.4 Å². The summed E-state index contributed by atoms with van der Waals surface area (Å²) in [4.78, 5) is 44.8. The number of aromatic nitrogens is 3. The average molecular weight is 523 g/mol. The zero-order chi connectivity index (χ0) is 27.2. The molecule has 10 nitrogen and oxygen atoms in total. The summed E-state index contributed by atoms with van der Waals surface area (Å²) in [6.07, 6.45) is -0.168. The van der Waals surface area contributed by atoms with E-state index in [9.17, 15) is 28.3 Å². The van der Waals surface area contributed by atoms with Crippen LogP contribution in [0.2, 0.25) is 0 Å². The lowest BCUT2D eigenvalue weighted by Crippen LogP contribution is -2.51. The Hall–Kier alpha value is -4.48. The van der Waals surface area contributed by atoms with Crippen molar-refractivity contribution in [1.29, 1.82) is 0 Å². The fourth-order valence-electron chi connectivity index (χ4n) is 4.65. The second-order valence-electron chi connectivity index (χ2n) is 9.57. The summed E-state index contributed by atoms with van der Waals surface area (Å²) in [7, 11) is 0. The molecule has 3 aromatic rings. The van der Waals surface area contributed by atoms with Gasteiger partial charge in [-0.05, 0) is 55.2 Å². The molecule has 12 heteroatoms. The number of fused-ring (bicyclic) bond motifs is 1. The van der Waals surface area contributed by atoms with Gasteiger partial charge in [0.25, 0.3) is 11.8 Å². The van der Waals surface area contributed by atoms with E-state index in [0.29, 0.717) is 35.3 Å². The molecule has 0 aliphatic carbocycles. The van der Waals surface area contributed by atoms with Gasteiger partial charge in [-0.15, -0.1) is 10.2 Å². The van der Waals surface area contributed by atoms with Crippen molar-refractivity contribution in [3.63, 3.8) is 0 Å². The molecule has 4 heterocycles. The van der Waals surface area contributed by atoms with Gasteiger partial charge in [-0.2, -0.15) is 8.78 Å². The Kier molecular flexibility index (Phi) is 6.25. The molecule has 1 aromatic carbocycles. The maximum absolute atomic E-state index is 13.5. The Labute approximate surface area is 215 Å². The zero-order valence-corrected chi connectivity index (χ0v) is 20.5. The number of amides is 3. The molecule has 38 heavy (non-hydrogen) atoms. The van der Waals surface area contributed by atoms with Crippen LogP contribution >= 0.6 is 0 Å². The van der Waals surface area contributed by atoms with Crippen LogP contribution in [0.25, 0.3) is 17.0 Å². The van der Waals surface area contributed by atoms with E-state index >= 15 is 0 Å². The number of benzene rings is 1. The Morgan fingerprint density at radius 3 is 2.53 bits per heavy atom. The normalized spacial score (nSPS) is 17.0. The van der Waals surface area contributed by atoms with E-state index in [1.807, 2.05) is 12.1 Å². The van der Waals surface area contributed by atoms with Crippen molar-refractivity contribution in [3.8, 4) is 11.5 Å². The highest BCUT2D eigenvalue weighted by Gasteiger charge is 2.44. The van der Waals surface area contributed by atoms with Crippen LogP contribution in [0.15, 0.2) is 47.0 Å². The monoisotopic (exact) mass is 523 g/mol. The summed E-state index contributed by atoms with van der Waals surface area (Å²) in [5.74, 6) is -1.74. The molecule has 0 spiro atoms. The average Bonchev–Trinajstić information content (AvgIpc) is 3.41. The summed E-state index contributed by atoms with van der Waals surface area (Å²) in [6.45, 7) is 4.04. The first kappa shape index (κ1) is 25.2. The molecule has 0 bridgehead atoms. The number of halogens is 2. The number of carbonyl (C=O) groups excluding carboxylic acids is 2. The third-order valence-electron chi connectivity index (χ3n) is 6.82. The van der Waals surface area contributed by atoms with Crippen LogP contribution in [0.5, 0.6) is 0 Å². The summed E-state index contributed by atoms with van der Waals surface area (Å²) in [6, 6.07) is 8.50. The summed E-state index contributed by atoms with van der Waals surface area (Å²) in [5, 5.41) is 16.1. The van der Waals surface area contributed by atoms with Crippen LogP contribution in [-0.4, -0.2) is 61.1 Å². The molecular weight excluding hydrogens is 500 g/mol. The van der Waals surface area contributed by atoms with Crippen molar-refractivity contribution in [2.45, 2.75) is 38.7 Å². The van der Waals surface area contributed by atoms with Gasteiger partial charge in [-0.25, -0.2) is 4.79 Å². The lowest BCUT2D eigenvalue weighted by atomic mass is 9.76.